The van der Waals surface area contributed by atoms with Crippen molar-refractivity contribution in [2.45, 2.75) is 58.0 Å². The number of ether oxygens (including phenoxy) is 3. The maximum Gasteiger partial charge on any atom is 0.350 e. The minimum Gasteiger partial charge on any atom is -0.463 e. The fraction of sp³-hybridized carbons (Fsp3) is 0.417. The van der Waals surface area contributed by atoms with Crippen LogP contribution in [-0.4, -0.2) is 24.1 Å². The van der Waals surface area contributed by atoms with E-state index in [-0.39, 0.29) is 13.0 Å². The topological polar surface area (TPSA) is 61.8 Å². The lowest BCUT2D eigenvalue weighted by atomic mass is 9.84. The van der Waals surface area contributed by atoms with Crippen LogP contribution >= 0.6 is 15.9 Å². The SMILES string of the molecule is CCOC(=O)C1(OC(=O)Cc2cc(C)c(Br)cc2Oc2ccccc2)CCCCC1. The van der Waals surface area contributed by atoms with Gasteiger partial charge in [-0.05, 0) is 63.3 Å². The molecule has 0 heterocycles. The predicted octanol–water partition coefficient (Wildman–Crippen LogP) is 5.90. The lowest BCUT2D eigenvalue weighted by molar-refractivity contribution is -0.186. The highest BCUT2D eigenvalue weighted by Crippen LogP contribution is 2.35. The number of carbonyl (C=O) groups is 2. The predicted molar refractivity (Wildman–Crippen MR) is 118 cm³/mol. The molecule has 2 aromatic rings. The number of hydrogen-bond donors (Lipinski definition) is 0. The van der Waals surface area contributed by atoms with Crippen molar-refractivity contribution in [3.63, 3.8) is 0 Å². The monoisotopic (exact) mass is 474 g/mol. The minimum atomic E-state index is -1.17. The Balaban J connectivity index is 1.81. The number of aryl methyl sites for hydroxylation is 1. The van der Waals surface area contributed by atoms with E-state index in [1.54, 1.807) is 6.92 Å². The van der Waals surface area contributed by atoms with Crippen molar-refractivity contribution in [3.05, 3.63) is 58.1 Å². The molecular weight excluding hydrogens is 448 g/mol. The molecule has 3 rings (SSSR count). The maximum atomic E-state index is 12.9. The van der Waals surface area contributed by atoms with Crippen molar-refractivity contribution in [1.82, 2.24) is 0 Å². The molecule has 160 valence electrons. The molecular formula is C24H27BrO5. The fourth-order valence-electron chi connectivity index (χ4n) is 3.71. The van der Waals surface area contributed by atoms with Crippen LogP contribution in [0.4, 0.5) is 0 Å². The molecule has 2 aromatic carbocycles. The summed E-state index contributed by atoms with van der Waals surface area (Å²) in [4.78, 5) is 25.5. The molecule has 30 heavy (non-hydrogen) atoms. The summed E-state index contributed by atoms with van der Waals surface area (Å²) < 4.78 is 17.9. The highest BCUT2D eigenvalue weighted by molar-refractivity contribution is 9.10. The summed E-state index contributed by atoms with van der Waals surface area (Å²) in [6.45, 7) is 3.97. The van der Waals surface area contributed by atoms with Crippen molar-refractivity contribution < 1.29 is 23.8 Å². The summed E-state index contributed by atoms with van der Waals surface area (Å²) in [5.41, 5.74) is 0.520. The Bertz CT molecular complexity index is 888. The second-order valence-electron chi connectivity index (χ2n) is 7.55. The first kappa shape index (κ1) is 22.3. The summed E-state index contributed by atoms with van der Waals surface area (Å²) in [6.07, 6.45) is 3.73. The Labute approximate surface area is 185 Å². The molecule has 1 fully saturated rings. The van der Waals surface area contributed by atoms with E-state index in [0.29, 0.717) is 29.9 Å². The standard InChI is InChI=1S/C24H27BrO5/c1-3-28-23(27)24(12-8-5-9-13-24)30-22(26)15-18-14-17(2)20(25)16-21(18)29-19-10-6-4-7-11-19/h4,6-7,10-11,14,16H,3,5,8-9,12-13,15H2,1-2H3. The van der Waals surface area contributed by atoms with Crippen molar-refractivity contribution in [2.24, 2.45) is 0 Å². The average Bonchev–Trinajstić information content (AvgIpc) is 2.73. The zero-order valence-electron chi connectivity index (χ0n) is 17.4. The van der Waals surface area contributed by atoms with Gasteiger partial charge in [0.1, 0.15) is 11.5 Å². The van der Waals surface area contributed by atoms with Crippen molar-refractivity contribution >= 4 is 27.9 Å². The quantitative estimate of drug-likeness (QED) is 0.467. The third-order valence-electron chi connectivity index (χ3n) is 5.27. The van der Waals surface area contributed by atoms with Gasteiger partial charge in [0.2, 0.25) is 5.60 Å². The number of benzene rings is 2. The molecule has 0 spiro atoms. The van der Waals surface area contributed by atoms with Crippen LogP contribution in [0.1, 0.15) is 50.2 Å². The van der Waals surface area contributed by atoms with E-state index in [9.17, 15) is 9.59 Å². The second kappa shape index (κ2) is 10.1. The molecule has 0 bridgehead atoms. The van der Waals surface area contributed by atoms with Crippen molar-refractivity contribution in [2.75, 3.05) is 6.61 Å². The first-order valence-electron chi connectivity index (χ1n) is 10.3. The fourth-order valence-corrected chi connectivity index (χ4v) is 4.04. The van der Waals surface area contributed by atoms with Gasteiger partial charge in [0.25, 0.3) is 0 Å². The summed E-state index contributed by atoms with van der Waals surface area (Å²) in [7, 11) is 0. The molecule has 0 saturated heterocycles. The van der Waals surface area contributed by atoms with E-state index in [1.807, 2.05) is 49.4 Å². The van der Waals surface area contributed by atoms with Crippen LogP contribution < -0.4 is 4.74 Å². The van der Waals surface area contributed by atoms with Gasteiger partial charge >= 0.3 is 11.9 Å². The van der Waals surface area contributed by atoms with Crippen LogP contribution in [-0.2, 0) is 25.5 Å². The van der Waals surface area contributed by atoms with Gasteiger partial charge in [-0.25, -0.2) is 4.79 Å². The van der Waals surface area contributed by atoms with Gasteiger partial charge in [0.05, 0.1) is 13.0 Å². The summed E-state index contributed by atoms with van der Waals surface area (Å²) in [5.74, 6) is 0.359. The molecule has 5 nitrogen and oxygen atoms in total. The molecule has 0 amide bonds. The van der Waals surface area contributed by atoms with Crippen molar-refractivity contribution in [3.8, 4) is 11.5 Å². The van der Waals surface area contributed by atoms with Gasteiger partial charge in [-0.2, -0.15) is 0 Å². The number of para-hydroxylation sites is 1. The van der Waals surface area contributed by atoms with Gasteiger partial charge in [-0.1, -0.05) is 46.6 Å². The molecule has 0 aromatic heterocycles. The smallest absolute Gasteiger partial charge is 0.350 e. The Hall–Kier alpha value is -2.34. The van der Waals surface area contributed by atoms with Crippen molar-refractivity contribution in [1.29, 1.82) is 0 Å². The van der Waals surface area contributed by atoms with Crippen LogP contribution in [0.2, 0.25) is 0 Å². The van der Waals surface area contributed by atoms with E-state index >= 15 is 0 Å². The zero-order chi connectivity index (χ0) is 21.6. The summed E-state index contributed by atoms with van der Waals surface area (Å²) >= 11 is 3.53. The Morgan fingerprint density at radius 2 is 1.77 bits per heavy atom. The summed E-state index contributed by atoms with van der Waals surface area (Å²) in [6, 6.07) is 13.2. The van der Waals surface area contributed by atoms with Gasteiger partial charge in [0.15, 0.2) is 0 Å². The molecule has 6 heteroatoms. The number of carbonyl (C=O) groups excluding carboxylic acids is 2. The van der Waals surface area contributed by atoms with Crippen LogP contribution in [0.25, 0.3) is 0 Å². The Morgan fingerprint density at radius 3 is 2.43 bits per heavy atom. The number of halogens is 1. The first-order chi connectivity index (χ1) is 14.4. The van der Waals surface area contributed by atoms with E-state index in [4.69, 9.17) is 14.2 Å². The Kier molecular flexibility index (Phi) is 7.53. The molecule has 0 N–H and O–H groups in total. The minimum absolute atomic E-state index is 0.0114. The van der Waals surface area contributed by atoms with Gasteiger partial charge in [-0.3, -0.25) is 4.79 Å². The van der Waals surface area contributed by atoms with Crippen LogP contribution in [0.3, 0.4) is 0 Å². The largest absolute Gasteiger partial charge is 0.463 e. The second-order valence-corrected chi connectivity index (χ2v) is 8.40. The lowest BCUT2D eigenvalue weighted by Crippen LogP contribution is -2.46. The van der Waals surface area contributed by atoms with Gasteiger partial charge in [-0.15, -0.1) is 0 Å². The highest BCUT2D eigenvalue weighted by Gasteiger charge is 2.44. The highest BCUT2D eigenvalue weighted by atomic mass is 79.9. The van der Waals surface area contributed by atoms with E-state index in [1.165, 1.54) is 0 Å². The third kappa shape index (κ3) is 5.42. The third-order valence-corrected chi connectivity index (χ3v) is 6.12. The van der Waals surface area contributed by atoms with E-state index in [0.717, 1.165) is 29.3 Å². The van der Waals surface area contributed by atoms with Gasteiger partial charge in [0, 0.05) is 10.0 Å². The molecule has 1 aliphatic carbocycles. The normalized spacial score (nSPS) is 15.3. The number of rotatable bonds is 7. The number of hydrogen-bond acceptors (Lipinski definition) is 5. The van der Waals surface area contributed by atoms with Gasteiger partial charge < -0.3 is 14.2 Å². The van der Waals surface area contributed by atoms with E-state index < -0.39 is 17.5 Å². The molecule has 1 aliphatic rings. The molecule has 0 aliphatic heterocycles. The van der Waals surface area contributed by atoms with E-state index in [2.05, 4.69) is 15.9 Å². The lowest BCUT2D eigenvalue weighted by Gasteiger charge is -2.34. The average molecular weight is 475 g/mol. The molecule has 0 atom stereocenters. The Morgan fingerprint density at radius 1 is 1.07 bits per heavy atom. The van der Waals surface area contributed by atoms with Crippen LogP contribution in [0.15, 0.2) is 46.9 Å². The molecule has 0 radical (unpaired) electrons. The molecule has 0 unspecified atom stereocenters. The molecule has 1 saturated carbocycles. The zero-order valence-corrected chi connectivity index (χ0v) is 19.0. The first-order valence-corrected chi connectivity index (χ1v) is 11.1. The van der Waals surface area contributed by atoms with Crippen LogP contribution in [0.5, 0.6) is 11.5 Å². The summed E-state index contributed by atoms with van der Waals surface area (Å²) in [5, 5.41) is 0. The maximum absolute atomic E-state index is 12.9. The number of esters is 2. The van der Waals surface area contributed by atoms with Crippen LogP contribution in [0, 0.1) is 6.92 Å².